The fraction of sp³-hybridized carbons (Fsp3) is 0.222. The third-order valence-electron chi connectivity index (χ3n) is 4.88. The first-order chi connectivity index (χ1) is 14.5. The molecule has 1 aromatic heterocycles. The predicted octanol–water partition coefficient (Wildman–Crippen LogP) is 5.76. The number of thiazole rings is 1. The number of nitro benzene ring substituents is 2. The summed E-state index contributed by atoms with van der Waals surface area (Å²) in [4.78, 5) is 39.2. The lowest BCUT2D eigenvalue weighted by molar-refractivity contribution is -0.393. The highest BCUT2D eigenvalue weighted by Gasteiger charge is 2.51. The fourth-order valence-corrected chi connectivity index (χ4v) is 6.80. The maximum Gasteiger partial charge on any atom is 0.303 e. The minimum Gasteiger partial charge on any atom is -0.273 e. The first-order valence-corrected chi connectivity index (χ1v) is 11.2. The number of non-ortho nitro benzene ring substituents is 2. The van der Waals surface area contributed by atoms with E-state index >= 15 is 0 Å². The number of nitrogens with zero attached hydrogens (tertiary/aromatic N) is 4. The zero-order valence-electron chi connectivity index (χ0n) is 15.9. The summed E-state index contributed by atoms with van der Waals surface area (Å²) in [6.45, 7) is 3.55. The summed E-state index contributed by atoms with van der Waals surface area (Å²) in [6.07, 6.45) is 0. The highest BCUT2D eigenvalue weighted by molar-refractivity contribution is 8.02. The highest BCUT2D eigenvalue weighted by atomic mass is 35.5. The summed E-state index contributed by atoms with van der Waals surface area (Å²) >= 11 is 14.8. The van der Waals surface area contributed by atoms with E-state index in [1.165, 1.54) is 22.7 Å². The minimum atomic E-state index is -0.966. The van der Waals surface area contributed by atoms with Gasteiger partial charge < -0.3 is 0 Å². The molecule has 2 heterocycles. The van der Waals surface area contributed by atoms with E-state index in [4.69, 9.17) is 23.2 Å². The number of aromatic nitrogens is 1. The molecule has 0 bridgehead atoms. The Hall–Kier alpha value is -2.47. The molecule has 4 rings (SSSR count). The first-order valence-electron chi connectivity index (χ1n) is 8.73. The second-order valence-electron chi connectivity index (χ2n) is 6.86. The van der Waals surface area contributed by atoms with Crippen LogP contribution in [0.1, 0.15) is 19.4 Å². The lowest BCUT2D eigenvalue weighted by Gasteiger charge is -2.33. The summed E-state index contributed by atoms with van der Waals surface area (Å²) < 4.78 is 0.234. The third kappa shape index (κ3) is 3.51. The van der Waals surface area contributed by atoms with Crippen LogP contribution in [0.3, 0.4) is 0 Å². The molecule has 2 aromatic carbocycles. The molecule has 0 spiro atoms. The van der Waals surface area contributed by atoms with E-state index in [1.54, 1.807) is 32.0 Å². The Morgan fingerprint density at radius 2 is 1.87 bits per heavy atom. The first kappa shape index (κ1) is 21.8. The van der Waals surface area contributed by atoms with Crippen molar-refractivity contribution in [3.8, 4) is 0 Å². The Bertz CT molecular complexity index is 1280. The van der Waals surface area contributed by atoms with E-state index in [9.17, 15) is 25.0 Å². The van der Waals surface area contributed by atoms with E-state index in [2.05, 4.69) is 4.98 Å². The average molecular weight is 499 g/mol. The fourth-order valence-electron chi connectivity index (χ4n) is 3.49. The van der Waals surface area contributed by atoms with Gasteiger partial charge in [0.25, 0.3) is 5.69 Å². The number of fused-ring (bicyclic) bond motifs is 1. The molecule has 3 aromatic rings. The van der Waals surface area contributed by atoms with E-state index in [0.29, 0.717) is 15.6 Å². The number of carbonyl (C=O) groups is 1. The molecule has 1 amide bonds. The van der Waals surface area contributed by atoms with Crippen LogP contribution in [-0.4, -0.2) is 26.0 Å². The Balaban J connectivity index is 1.94. The van der Waals surface area contributed by atoms with E-state index in [-0.39, 0.29) is 21.3 Å². The molecule has 0 N–H and O–H groups in total. The second kappa shape index (κ2) is 7.59. The van der Waals surface area contributed by atoms with Gasteiger partial charge in [0.05, 0.1) is 25.9 Å². The molecular weight excluding hydrogens is 487 g/mol. The van der Waals surface area contributed by atoms with E-state index < -0.39 is 31.3 Å². The zero-order chi connectivity index (χ0) is 22.7. The average Bonchev–Trinajstić information content (AvgIpc) is 3.18. The largest absolute Gasteiger partial charge is 0.303 e. The topological polar surface area (TPSA) is 119 Å². The van der Waals surface area contributed by atoms with Gasteiger partial charge in [0.15, 0.2) is 10.6 Å². The van der Waals surface area contributed by atoms with Gasteiger partial charge in [-0.25, -0.2) is 4.98 Å². The van der Waals surface area contributed by atoms with E-state index in [0.717, 1.165) is 17.4 Å². The quantitative estimate of drug-likeness (QED) is 0.331. The smallest absolute Gasteiger partial charge is 0.273 e. The summed E-state index contributed by atoms with van der Waals surface area (Å²) in [5.41, 5.74) is -0.308. The van der Waals surface area contributed by atoms with Gasteiger partial charge >= 0.3 is 5.69 Å². The van der Waals surface area contributed by atoms with Crippen LogP contribution >= 0.6 is 46.3 Å². The van der Waals surface area contributed by atoms with Gasteiger partial charge in [-0.2, -0.15) is 0 Å². The van der Waals surface area contributed by atoms with E-state index in [1.807, 2.05) is 0 Å². The minimum absolute atomic E-state index is 0.0162. The molecule has 1 aliphatic rings. The monoisotopic (exact) mass is 498 g/mol. The molecule has 13 heteroatoms. The SMILES string of the molecule is CC1SC(C)(c2ccc(Cl)cc2Cl)N(c2nc3c([N+](=O)[O-])cc([N+](=O)[O-])cc3s2)C1=O. The van der Waals surface area contributed by atoms with Crippen LogP contribution in [0.2, 0.25) is 10.0 Å². The van der Waals surface area contributed by atoms with Crippen molar-refractivity contribution in [2.24, 2.45) is 0 Å². The van der Waals surface area contributed by atoms with Crippen molar-refractivity contribution in [1.82, 2.24) is 4.98 Å². The molecular formula is C18H12Cl2N4O5S2. The number of anilines is 1. The Kier molecular flexibility index (Phi) is 5.32. The molecule has 160 valence electrons. The predicted molar refractivity (Wildman–Crippen MR) is 121 cm³/mol. The molecule has 2 atom stereocenters. The molecule has 0 saturated carbocycles. The number of rotatable bonds is 4. The van der Waals surface area contributed by atoms with Crippen molar-refractivity contribution in [2.45, 2.75) is 24.0 Å². The maximum atomic E-state index is 13.1. The molecule has 2 unspecified atom stereocenters. The lowest BCUT2D eigenvalue weighted by atomic mass is 10.1. The summed E-state index contributed by atoms with van der Waals surface area (Å²) in [7, 11) is 0. The Morgan fingerprint density at radius 3 is 2.48 bits per heavy atom. The number of hydrogen-bond acceptors (Lipinski definition) is 8. The maximum absolute atomic E-state index is 13.1. The highest BCUT2D eigenvalue weighted by Crippen LogP contribution is 2.53. The van der Waals surface area contributed by atoms with Gasteiger partial charge in [-0.3, -0.25) is 29.9 Å². The van der Waals surface area contributed by atoms with Gasteiger partial charge in [0, 0.05) is 21.7 Å². The van der Waals surface area contributed by atoms with Gasteiger partial charge in [-0.05, 0) is 26.0 Å². The lowest BCUT2D eigenvalue weighted by Crippen LogP contribution is -2.40. The molecule has 1 aliphatic heterocycles. The van der Waals surface area contributed by atoms with Gasteiger partial charge in [-0.15, -0.1) is 11.8 Å². The normalized spacial score (nSPS) is 21.1. The number of nitro groups is 2. The van der Waals surface area contributed by atoms with Crippen LogP contribution in [0.15, 0.2) is 30.3 Å². The Morgan fingerprint density at radius 1 is 1.16 bits per heavy atom. The number of thioether (sulfide) groups is 1. The van der Waals surface area contributed by atoms with Crippen molar-refractivity contribution >= 4 is 78.9 Å². The standard InChI is InChI=1S/C18H12Cl2N4O5S2/c1-8-16(25)22(18(2,31-8)11-4-3-9(19)5-12(11)20)17-21-15-13(24(28)29)6-10(23(26)27)7-14(15)30-17/h3-8H,1-2H3. The van der Waals surface area contributed by atoms with Crippen molar-refractivity contribution in [1.29, 1.82) is 0 Å². The van der Waals surface area contributed by atoms with Crippen molar-refractivity contribution in [3.05, 3.63) is 66.2 Å². The Labute approximate surface area is 193 Å². The summed E-state index contributed by atoms with van der Waals surface area (Å²) in [5, 5.41) is 23.2. The third-order valence-corrected chi connectivity index (χ3v) is 7.83. The van der Waals surface area contributed by atoms with Gasteiger partial charge in [0.1, 0.15) is 4.87 Å². The van der Waals surface area contributed by atoms with Crippen LogP contribution in [0.25, 0.3) is 10.2 Å². The van der Waals surface area contributed by atoms with Gasteiger partial charge in [-0.1, -0.05) is 40.6 Å². The summed E-state index contributed by atoms with van der Waals surface area (Å²) in [5.74, 6) is -0.255. The van der Waals surface area contributed by atoms with Crippen LogP contribution in [0.4, 0.5) is 16.5 Å². The summed E-state index contributed by atoms with van der Waals surface area (Å²) in [6, 6.07) is 7.03. The molecule has 1 fully saturated rings. The molecule has 31 heavy (non-hydrogen) atoms. The molecule has 9 nitrogen and oxygen atoms in total. The molecule has 0 radical (unpaired) electrons. The van der Waals surface area contributed by atoms with Crippen molar-refractivity contribution < 1.29 is 14.6 Å². The number of carbonyl (C=O) groups excluding carboxylic acids is 1. The number of benzene rings is 2. The number of halogens is 2. The van der Waals surface area contributed by atoms with Crippen LogP contribution < -0.4 is 4.90 Å². The van der Waals surface area contributed by atoms with Crippen LogP contribution in [0, 0.1) is 20.2 Å². The second-order valence-corrected chi connectivity index (χ2v) is 10.5. The number of amides is 1. The van der Waals surface area contributed by atoms with Crippen molar-refractivity contribution in [3.63, 3.8) is 0 Å². The van der Waals surface area contributed by atoms with Gasteiger partial charge in [0.2, 0.25) is 5.91 Å². The molecule has 0 aliphatic carbocycles. The van der Waals surface area contributed by atoms with Crippen molar-refractivity contribution in [2.75, 3.05) is 4.90 Å². The number of hydrogen-bond donors (Lipinski definition) is 0. The zero-order valence-corrected chi connectivity index (χ0v) is 19.0. The van der Waals surface area contributed by atoms with Crippen LogP contribution in [-0.2, 0) is 9.67 Å². The van der Waals surface area contributed by atoms with Crippen LogP contribution in [0.5, 0.6) is 0 Å². The molecule has 1 saturated heterocycles.